The minimum absolute atomic E-state index is 0.121. The lowest BCUT2D eigenvalue weighted by atomic mass is 9.83. The Labute approximate surface area is 162 Å². The van der Waals surface area contributed by atoms with E-state index in [1.54, 1.807) is 6.20 Å². The molecular formula is C22H21BrN2O. The highest BCUT2D eigenvalue weighted by atomic mass is 79.9. The fraction of sp³-hybridized carbons (Fsp3) is 0.227. The molecule has 3 aromatic rings. The molecule has 0 spiro atoms. The number of aromatic nitrogens is 1. The monoisotopic (exact) mass is 408 g/mol. The molecule has 0 saturated heterocycles. The number of hydrogen-bond donors (Lipinski definition) is 0. The van der Waals surface area contributed by atoms with Crippen LogP contribution in [0.4, 0.5) is 0 Å². The zero-order valence-electron chi connectivity index (χ0n) is 14.7. The Hall–Kier alpha value is -2.33. The van der Waals surface area contributed by atoms with Gasteiger partial charge in [0.2, 0.25) is 0 Å². The number of benzene rings is 2. The van der Waals surface area contributed by atoms with E-state index in [0.29, 0.717) is 12.8 Å². The lowest BCUT2D eigenvalue weighted by Gasteiger charge is -2.22. The Morgan fingerprint density at radius 1 is 1.00 bits per heavy atom. The first-order chi connectivity index (χ1) is 12.7. The average molecular weight is 409 g/mol. The second-order valence-corrected chi connectivity index (χ2v) is 7.40. The van der Waals surface area contributed by atoms with Crippen LogP contribution in [0.5, 0.6) is 0 Å². The molecule has 3 nitrogen and oxygen atoms in total. The first-order valence-corrected chi connectivity index (χ1v) is 9.50. The van der Waals surface area contributed by atoms with Gasteiger partial charge in [-0.25, -0.2) is 0 Å². The van der Waals surface area contributed by atoms with Crippen molar-refractivity contribution in [3.05, 3.63) is 105 Å². The van der Waals surface area contributed by atoms with Crippen LogP contribution in [-0.2, 0) is 6.42 Å². The third-order valence-electron chi connectivity index (χ3n) is 4.66. The summed E-state index contributed by atoms with van der Waals surface area (Å²) in [6, 6.07) is 22.1. The molecule has 0 aliphatic carbocycles. The van der Waals surface area contributed by atoms with Crippen LogP contribution in [0.1, 0.15) is 34.7 Å². The van der Waals surface area contributed by atoms with Gasteiger partial charge in [-0.2, -0.15) is 4.91 Å². The smallest absolute Gasteiger partial charge is 0.0984 e. The molecule has 0 radical (unpaired) electrons. The number of rotatable bonds is 7. The van der Waals surface area contributed by atoms with Gasteiger partial charge in [-0.05, 0) is 54.3 Å². The maximum Gasteiger partial charge on any atom is 0.0984 e. The SMILES string of the molecule is Cc1ccccc1[C@H](CC(Cc1ccccn1)N=O)c1ccc(Br)cc1. The maximum absolute atomic E-state index is 11.6. The molecule has 0 bridgehead atoms. The van der Waals surface area contributed by atoms with Crippen LogP contribution < -0.4 is 0 Å². The Kier molecular flexibility index (Phi) is 6.29. The minimum Gasteiger partial charge on any atom is -0.261 e. The van der Waals surface area contributed by atoms with E-state index in [2.05, 4.69) is 63.3 Å². The number of nitroso groups, excluding NO2 is 1. The summed E-state index contributed by atoms with van der Waals surface area (Å²) in [6.07, 6.45) is 2.97. The molecule has 4 heteroatoms. The normalized spacial score (nSPS) is 13.2. The van der Waals surface area contributed by atoms with E-state index in [-0.39, 0.29) is 12.0 Å². The molecule has 0 fully saturated rings. The predicted octanol–water partition coefficient (Wildman–Crippen LogP) is 6.05. The van der Waals surface area contributed by atoms with Crippen molar-refractivity contribution in [2.45, 2.75) is 31.7 Å². The average Bonchev–Trinajstić information content (AvgIpc) is 2.67. The summed E-state index contributed by atoms with van der Waals surface area (Å²) in [7, 11) is 0. The van der Waals surface area contributed by atoms with Gasteiger partial charge in [-0.15, -0.1) is 0 Å². The number of hydrogen-bond acceptors (Lipinski definition) is 3. The van der Waals surface area contributed by atoms with E-state index >= 15 is 0 Å². The highest BCUT2D eigenvalue weighted by Gasteiger charge is 2.22. The van der Waals surface area contributed by atoms with Crippen molar-refractivity contribution in [3.8, 4) is 0 Å². The Balaban J connectivity index is 1.91. The van der Waals surface area contributed by atoms with Crippen molar-refractivity contribution in [1.29, 1.82) is 0 Å². The van der Waals surface area contributed by atoms with Gasteiger partial charge in [0.25, 0.3) is 0 Å². The van der Waals surface area contributed by atoms with E-state index in [0.717, 1.165) is 10.2 Å². The number of pyridine rings is 1. The standard InChI is InChI=1S/C22H21BrN2O/c1-16-6-2-3-8-21(16)22(17-9-11-18(23)12-10-17)15-20(25-26)14-19-7-4-5-13-24-19/h2-13,20,22H,14-15H2,1H3/t20?,22-/m1/s1. The van der Waals surface area contributed by atoms with Gasteiger partial charge >= 0.3 is 0 Å². The van der Waals surface area contributed by atoms with Crippen molar-refractivity contribution in [2.24, 2.45) is 5.18 Å². The molecule has 1 unspecified atom stereocenters. The van der Waals surface area contributed by atoms with Crippen molar-refractivity contribution in [3.63, 3.8) is 0 Å². The lowest BCUT2D eigenvalue weighted by molar-refractivity contribution is 0.559. The van der Waals surface area contributed by atoms with Crippen LogP contribution in [0.2, 0.25) is 0 Å². The molecule has 0 N–H and O–H groups in total. The fourth-order valence-electron chi connectivity index (χ4n) is 3.31. The molecule has 0 aliphatic heterocycles. The van der Waals surface area contributed by atoms with Crippen molar-refractivity contribution in [2.75, 3.05) is 0 Å². The topological polar surface area (TPSA) is 42.3 Å². The van der Waals surface area contributed by atoms with Gasteiger partial charge in [0.15, 0.2) is 0 Å². The largest absolute Gasteiger partial charge is 0.261 e. The van der Waals surface area contributed by atoms with Gasteiger partial charge in [0, 0.05) is 28.7 Å². The van der Waals surface area contributed by atoms with E-state index in [9.17, 15) is 4.91 Å². The summed E-state index contributed by atoms with van der Waals surface area (Å²) in [5.41, 5.74) is 4.56. The van der Waals surface area contributed by atoms with Crippen LogP contribution in [0.15, 0.2) is 82.6 Å². The number of halogens is 1. The van der Waals surface area contributed by atoms with E-state index in [4.69, 9.17) is 0 Å². The predicted molar refractivity (Wildman–Crippen MR) is 109 cm³/mol. The first kappa shape index (κ1) is 18.5. The van der Waals surface area contributed by atoms with Crippen LogP contribution in [0.25, 0.3) is 0 Å². The third kappa shape index (κ3) is 4.64. The Morgan fingerprint density at radius 2 is 1.73 bits per heavy atom. The first-order valence-electron chi connectivity index (χ1n) is 8.70. The Bertz CT molecular complexity index is 850. The highest BCUT2D eigenvalue weighted by Crippen LogP contribution is 2.33. The zero-order chi connectivity index (χ0) is 18.4. The number of nitrogens with zero attached hydrogens (tertiary/aromatic N) is 2. The van der Waals surface area contributed by atoms with E-state index in [1.165, 1.54) is 16.7 Å². The summed E-state index contributed by atoms with van der Waals surface area (Å²) >= 11 is 3.50. The maximum atomic E-state index is 11.6. The molecule has 0 aliphatic rings. The molecule has 132 valence electrons. The van der Waals surface area contributed by atoms with Crippen molar-refractivity contribution in [1.82, 2.24) is 4.98 Å². The summed E-state index contributed by atoms with van der Waals surface area (Å²) in [4.78, 5) is 15.9. The second-order valence-electron chi connectivity index (χ2n) is 6.48. The summed E-state index contributed by atoms with van der Waals surface area (Å²) in [5, 5.41) is 3.42. The van der Waals surface area contributed by atoms with Crippen molar-refractivity contribution < 1.29 is 0 Å². The van der Waals surface area contributed by atoms with E-state index in [1.807, 2.05) is 36.4 Å². The lowest BCUT2D eigenvalue weighted by Crippen LogP contribution is -2.16. The van der Waals surface area contributed by atoms with Gasteiger partial charge in [0.05, 0.1) is 6.04 Å². The Morgan fingerprint density at radius 3 is 2.38 bits per heavy atom. The van der Waals surface area contributed by atoms with Gasteiger partial charge < -0.3 is 0 Å². The van der Waals surface area contributed by atoms with Crippen LogP contribution in [0.3, 0.4) is 0 Å². The van der Waals surface area contributed by atoms with Crippen LogP contribution in [0, 0.1) is 11.8 Å². The zero-order valence-corrected chi connectivity index (χ0v) is 16.3. The third-order valence-corrected chi connectivity index (χ3v) is 5.19. The van der Waals surface area contributed by atoms with Crippen LogP contribution >= 0.6 is 15.9 Å². The van der Waals surface area contributed by atoms with Gasteiger partial charge in [0.1, 0.15) is 0 Å². The summed E-state index contributed by atoms with van der Waals surface area (Å²) in [6.45, 7) is 2.11. The fourth-order valence-corrected chi connectivity index (χ4v) is 3.58. The molecule has 2 atom stereocenters. The molecule has 2 aromatic carbocycles. The van der Waals surface area contributed by atoms with Gasteiger partial charge in [-0.1, -0.05) is 63.6 Å². The summed E-state index contributed by atoms with van der Waals surface area (Å²) < 4.78 is 1.04. The molecule has 1 aromatic heterocycles. The number of aryl methyl sites for hydroxylation is 1. The quantitative estimate of drug-likeness (QED) is 0.446. The van der Waals surface area contributed by atoms with E-state index < -0.39 is 0 Å². The molecule has 26 heavy (non-hydrogen) atoms. The minimum atomic E-state index is -0.321. The summed E-state index contributed by atoms with van der Waals surface area (Å²) in [5.74, 6) is 0.121. The molecular weight excluding hydrogens is 388 g/mol. The molecule has 1 heterocycles. The van der Waals surface area contributed by atoms with Gasteiger partial charge in [-0.3, -0.25) is 4.98 Å². The second kappa shape index (κ2) is 8.86. The highest BCUT2D eigenvalue weighted by molar-refractivity contribution is 9.10. The van der Waals surface area contributed by atoms with Crippen molar-refractivity contribution >= 4 is 15.9 Å². The molecule has 3 rings (SSSR count). The molecule has 0 saturated carbocycles. The van der Waals surface area contributed by atoms with Crippen LogP contribution in [-0.4, -0.2) is 11.0 Å². The molecule has 0 amide bonds.